The molecule has 0 bridgehead atoms. The average Bonchev–Trinajstić information content (AvgIpc) is 2.41. The van der Waals surface area contributed by atoms with Gasteiger partial charge in [-0.1, -0.05) is 17.7 Å². The van der Waals surface area contributed by atoms with E-state index in [2.05, 4.69) is 5.32 Å². The van der Waals surface area contributed by atoms with Crippen LogP contribution in [-0.2, 0) is 6.54 Å². The van der Waals surface area contributed by atoms with E-state index in [-0.39, 0.29) is 5.82 Å². The lowest BCUT2D eigenvalue weighted by Gasteiger charge is -2.11. The van der Waals surface area contributed by atoms with Crippen molar-refractivity contribution in [2.45, 2.75) is 13.5 Å². The number of carbonyl (C=O) groups excluding carboxylic acids is 1. The number of nitrogens with two attached hydrogens (primary N) is 1. The summed E-state index contributed by atoms with van der Waals surface area (Å²) in [5, 5.41) is 3.56. The molecule has 0 aliphatic heterocycles. The van der Waals surface area contributed by atoms with Gasteiger partial charge in [0.25, 0.3) is 0 Å². The molecule has 1 amide bonds. The maximum absolute atomic E-state index is 13.2. The number of rotatable bonds is 4. The number of anilines is 1. The molecular formula is C15H14ClFN2O. The quantitative estimate of drug-likeness (QED) is 0.906. The lowest BCUT2D eigenvalue weighted by molar-refractivity contribution is 0.100. The highest BCUT2D eigenvalue weighted by atomic mass is 35.5. The van der Waals surface area contributed by atoms with Crippen LogP contribution >= 0.6 is 11.6 Å². The number of halogens is 2. The summed E-state index contributed by atoms with van der Waals surface area (Å²) in [6, 6.07) is 9.34. The predicted molar refractivity (Wildman–Crippen MR) is 78.4 cm³/mol. The number of aryl methyl sites for hydroxylation is 1. The molecule has 0 atom stereocenters. The van der Waals surface area contributed by atoms with Gasteiger partial charge in [-0.2, -0.15) is 0 Å². The van der Waals surface area contributed by atoms with Gasteiger partial charge in [-0.15, -0.1) is 0 Å². The molecule has 3 N–H and O–H groups in total. The van der Waals surface area contributed by atoms with Crippen molar-refractivity contribution in [1.82, 2.24) is 0 Å². The molecule has 104 valence electrons. The summed E-state index contributed by atoms with van der Waals surface area (Å²) in [6.45, 7) is 2.31. The molecule has 0 saturated heterocycles. The van der Waals surface area contributed by atoms with E-state index in [0.717, 1.165) is 11.1 Å². The Morgan fingerprint density at radius 2 is 2.05 bits per heavy atom. The molecule has 0 spiro atoms. The predicted octanol–water partition coefficient (Wildman–Crippen LogP) is 3.50. The molecule has 2 aromatic rings. The number of primary amides is 1. The van der Waals surface area contributed by atoms with Crippen LogP contribution in [0.5, 0.6) is 0 Å². The van der Waals surface area contributed by atoms with E-state index in [1.165, 1.54) is 12.1 Å². The fraction of sp³-hybridized carbons (Fsp3) is 0.133. The van der Waals surface area contributed by atoms with Crippen molar-refractivity contribution >= 4 is 23.2 Å². The summed E-state index contributed by atoms with van der Waals surface area (Å²) in [5.74, 6) is -0.809. The standard InChI is InChI=1S/C15H14ClFN2O/c1-9-2-4-12(17)6-11(9)8-19-14-7-10(15(18)20)3-5-13(14)16/h2-7,19H,8H2,1H3,(H2,18,20). The fourth-order valence-electron chi connectivity index (χ4n) is 1.83. The first-order chi connectivity index (χ1) is 9.47. The van der Waals surface area contributed by atoms with E-state index in [1.54, 1.807) is 24.3 Å². The second kappa shape index (κ2) is 5.92. The summed E-state index contributed by atoms with van der Waals surface area (Å²) < 4.78 is 13.2. The zero-order valence-corrected chi connectivity index (χ0v) is 11.7. The van der Waals surface area contributed by atoms with Crippen molar-refractivity contribution in [3.05, 3.63) is 63.9 Å². The molecule has 0 aromatic heterocycles. The Balaban J connectivity index is 2.20. The lowest BCUT2D eigenvalue weighted by Crippen LogP contribution is -2.11. The van der Waals surface area contributed by atoms with Crippen LogP contribution in [0.25, 0.3) is 0 Å². The van der Waals surface area contributed by atoms with Crippen molar-refractivity contribution in [2.75, 3.05) is 5.32 Å². The van der Waals surface area contributed by atoms with E-state index in [1.807, 2.05) is 6.92 Å². The van der Waals surface area contributed by atoms with Crippen LogP contribution in [0.2, 0.25) is 5.02 Å². The smallest absolute Gasteiger partial charge is 0.248 e. The molecule has 0 radical (unpaired) electrons. The van der Waals surface area contributed by atoms with Crippen LogP contribution in [0.3, 0.4) is 0 Å². The van der Waals surface area contributed by atoms with Gasteiger partial charge in [-0.05, 0) is 48.4 Å². The molecule has 2 rings (SSSR count). The Morgan fingerprint density at radius 1 is 1.30 bits per heavy atom. The molecular weight excluding hydrogens is 279 g/mol. The molecule has 0 heterocycles. The van der Waals surface area contributed by atoms with Gasteiger partial charge >= 0.3 is 0 Å². The van der Waals surface area contributed by atoms with E-state index in [0.29, 0.717) is 22.8 Å². The van der Waals surface area contributed by atoms with Crippen molar-refractivity contribution in [1.29, 1.82) is 0 Å². The molecule has 5 heteroatoms. The third-order valence-corrected chi connectivity index (χ3v) is 3.36. The molecule has 0 unspecified atom stereocenters. The number of amides is 1. The maximum atomic E-state index is 13.2. The molecule has 0 aliphatic rings. The van der Waals surface area contributed by atoms with Crippen LogP contribution in [0.4, 0.5) is 10.1 Å². The van der Waals surface area contributed by atoms with Gasteiger partial charge in [0.1, 0.15) is 5.82 Å². The maximum Gasteiger partial charge on any atom is 0.248 e. The summed E-state index contributed by atoms with van der Waals surface area (Å²) in [5.41, 5.74) is 7.98. The van der Waals surface area contributed by atoms with Gasteiger partial charge in [0.05, 0.1) is 10.7 Å². The van der Waals surface area contributed by atoms with Gasteiger partial charge in [0.2, 0.25) is 5.91 Å². The SMILES string of the molecule is Cc1ccc(F)cc1CNc1cc(C(N)=O)ccc1Cl. The molecule has 0 fully saturated rings. The normalized spacial score (nSPS) is 10.3. The van der Waals surface area contributed by atoms with Gasteiger partial charge in [-0.3, -0.25) is 4.79 Å². The van der Waals surface area contributed by atoms with E-state index < -0.39 is 5.91 Å². The summed E-state index contributed by atoms with van der Waals surface area (Å²) in [6.07, 6.45) is 0. The first-order valence-electron chi connectivity index (χ1n) is 6.05. The van der Waals surface area contributed by atoms with Crippen molar-refractivity contribution in [2.24, 2.45) is 5.73 Å². The minimum atomic E-state index is -0.522. The highest BCUT2D eigenvalue weighted by molar-refractivity contribution is 6.33. The third-order valence-electron chi connectivity index (χ3n) is 3.03. The Labute approximate surface area is 121 Å². The number of hydrogen-bond donors (Lipinski definition) is 2. The molecule has 20 heavy (non-hydrogen) atoms. The van der Waals surface area contributed by atoms with Crippen LogP contribution in [0.1, 0.15) is 21.5 Å². The Hall–Kier alpha value is -2.07. The van der Waals surface area contributed by atoms with E-state index in [4.69, 9.17) is 17.3 Å². The first kappa shape index (κ1) is 14.3. The lowest BCUT2D eigenvalue weighted by atomic mass is 10.1. The zero-order valence-electron chi connectivity index (χ0n) is 10.9. The molecule has 0 aliphatic carbocycles. The van der Waals surface area contributed by atoms with Crippen molar-refractivity contribution in [3.63, 3.8) is 0 Å². The average molecular weight is 293 g/mol. The monoisotopic (exact) mass is 292 g/mol. The van der Waals surface area contributed by atoms with Gasteiger partial charge < -0.3 is 11.1 Å². The minimum absolute atomic E-state index is 0.288. The molecule has 3 nitrogen and oxygen atoms in total. The van der Waals surface area contributed by atoms with Crippen LogP contribution in [0.15, 0.2) is 36.4 Å². The van der Waals surface area contributed by atoms with Crippen molar-refractivity contribution < 1.29 is 9.18 Å². The number of nitrogens with one attached hydrogen (secondary N) is 1. The van der Waals surface area contributed by atoms with Crippen LogP contribution in [0, 0.1) is 12.7 Å². The molecule has 0 saturated carbocycles. The summed E-state index contributed by atoms with van der Waals surface area (Å²) in [4.78, 5) is 11.1. The Morgan fingerprint density at radius 3 is 2.75 bits per heavy atom. The Bertz CT molecular complexity index is 658. The second-order valence-corrected chi connectivity index (χ2v) is 4.89. The minimum Gasteiger partial charge on any atom is -0.380 e. The number of hydrogen-bond acceptors (Lipinski definition) is 2. The van der Waals surface area contributed by atoms with E-state index >= 15 is 0 Å². The zero-order chi connectivity index (χ0) is 14.7. The number of carbonyl (C=O) groups is 1. The topological polar surface area (TPSA) is 55.1 Å². The summed E-state index contributed by atoms with van der Waals surface area (Å²) in [7, 11) is 0. The Kier molecular flexibility index (Phi) is 4.25. The molecule has 2 aromatic carbocycles. The van der Waals surface area contributed by atoms with E-state index in [9.17, 15) is 9.18 Å². The third kappa shape index (κ3) is 3.27. The second-order valence-electron chi connectivity index (χ2n) is 4.48. The highest BCUT2D eigenvalue weighted by Gasteiger charge is 2.07. The number of benzene rings is 2. The van der Waals surface area contributed by atoms with Crippen LogP contribution < -0.4 is 11.1 Å². The van der Waals surface area contributed by atoms with Gasteiger partial charge in [0, 0.05) is 12.1 Å². The largest absolute Gasteiger partial charge is 0.380 e. The fourth-order valence-corrected chi connectivity index (χ4v) is 2.02. The highest BCUT2D eigenvalue weighted by Crippen LogP contribution is 2.24. The van der Waals surface area contributed by atoms with Crippen LogP contribution in [-0.4, -0.2) is 5.91 Å². The van der Waals surface area contributed by atoms with Crippen molar-refractivity contribution in [3.8, 4) is 0 Å². The summed E-state index contributed by atoms with van der Waals surface area (Å²) >= 11 is 6.05. The van der Waals surface area contributed by atoms with Gasteiger partial charge in [-0.25, -0.2) is 4.39 Å². The van der Waals surface area contributed by atoms with Gasteiger partial charge in [0.15, 0.2) is 0 Å². The first-order valence-corrected chi connectivity index (χ1v) is 6.43.